The van der Waals surface area contributed by atoms with Crippen molar-refractivity contribution in [3.05, 3.63) is 35.9 Å². The van der Waals surface area contributed by atoms with Crippen LogP contribution in [0.3, 0.4) is 0 Å². The van der Waals surface area contributed by atoms with Crippen LogP contribution < -0.4 is 5.32 Å². The maximum atomic E-state index is 5.70. The second-order valence-corrected chi connectivity index (χ2v) is 5.40. The van der Waals surface area contributed by atoms with Gasteiger partial charge in [0.25, 0.3) is 0 Å². The molecule has 0 radical (unpaired) electrons. The Kier molecular flexibility index (Phi) is 6.34. The Morgan fingerprint density at radius 2 is 2.11 bits per heavy atom. The number of nitrogens with zero attached hydrogens (tertiary/aromatic N) is 1. The molecule has 3 nitrogen and oxygen atoms in total. The largest absolute Gasteiger partial charge is 0.377 e. The number of hydrogen-bond donors (Lipinski definition) is 1. The van der Waals surface area contributed by atoms with Gasteiger partial charge in [-0.3, -0.25) is 0 Å². The summed E-state index contributed by atoms with van der Waals surface area (Å²) in [5, 5.41) is 3.47. The second kappa shape index (κ2) is 8.31. The first kappa shape index (κ1) is 14.5. The SMILES string of the molecule is CC1CN(CCCCOCc2ccccc2)CCN1. The quantitative estimate of drug-likeness (QED) is 0.763. The van der Waals surface area contributed by atoms with E-state index in [1.165, 1.54) is 31.6 Å². The Morgan fingerprint density at radius 3 is 2.89 bits per heavy atom. The predicted molar refractivity (Wildman–Crippen MR) is 79.2 cm³/mol. The molecule has 0 saturated carbocycles. The van der Waals surface area contributed by atoms with Crippen LogP contribution in [0.1, 0.15) is 25.3 Å². The van der Waals surface area contributed by atoms with E-state index in [1.807, 2.05) is 6.07 Å². The summed E-state index contributed by atoms with van der Waals surface area (Å²) in [4.78, 5) is 2.55. The molecule has 2 rings (SSSR count). The average molecular weight is 262 g/mol. The Labute approximate surface area is 116 Å². The minimum atomic E-state index is 0.642. The lowest BCUT2D eigenvalue weighted by molar-refractivity contribution is 0.112. The number of piperazine rings is 1. The summed E-state index contributed by atoms with van der Waals surface area (Å²) in [6.45, 7) is 8.59. The van der Waals surface area contributed by atoms with E-state index in [9.17, 15) is 0 Å². The lowest BCUT2D eigenvalue weighted by atomic mass is 10.2. The molecule has 1 atom stereocenters. The molecule has 1 unspecified atom stereocenters. The monoisotopic (exact) mass is 262 g/mol. The van der Waals surface area contributed by atoms with E-state index in [-0.39, 0.29) is 0 Å². The van der Waals surface area contributed by atoms with Gasteiger partial charge in [-0.2, -0.15) is 0 Å². The van der Waals surface area contributed by atoms with Crippen molar-refractivity contribution in [2.45, 2.75) is 32.4 Å². The molecular formula is C16H26N2O. The van der Waals surface area contributed by atoms with Gasteiger partial charge in [-0.1, -0.05) is 30.3 Å². The number of hydrogen-bond acceptors (Lipinski definition) is 3. The first-order chi connectivity index (χ1) is 9.34. The summed E-state index contributed by atoms with van der Waals surface area (Å²) in [5.41, 5.74) is 1.26. The third-order valence-electron chi connectivity index (χ3n) is 3.58. The fourth-order valence-electron chi connectivity index (χ4n) is 2.52. The summed E-state index contributed by atoms with van der Waals surface area (Å²) >= 11 is 0. The number of ether oxygens (including phenoxy) is 1. The number of unbranched alkanes of at least 4 members (excludes halogenated alkanes) is 1. The molecule has 3 heteroatoms. The van der Waals surface area contributed by atoms with Crippen molar-refractivity contribution in [3.63, 3.8) is 0 Å². The fraction of sp³-hybridized carbons (Fsp3) is 0.625. The molecule has 1 aromatic rings. The second-order valence-electron chi connectivity index (χ2n) is 5.40. The van der Waals surface area contributed by atoms with Gasteiger partial charge in [0.05, 0.1) is 6.61 Å². The van der Waals surface area contributed by atoms with Crippen LogP contribution in [0.4, 0.5) is 0 Å². The van der Waals surface area contributed by atoms with Crippen LogP contribution >= 0.6 is 0 Å². The van der Waals surface area contributed by atoms with Crippen molar-refractivity contribution >= 4 is 0 Å². The molecule has 1 aliphatic rings. The van der Waals surface area contributed by atoms with Crippen molar-refractivity contribution < 1.29 is 4.74 Å². The molecular weight excluding hydrogens is 236 g/mol. The molecule has 1 aliphatic heterocycles. The normalized spacial score (nSPS) is 20.6. The third-order valence-corrected chi connectivity index (χ3v) is 3.58. The zero-order valence-electron chi connectivity index (χ0n) is 12.0. The molecule has 1 aromatic carbocycles. The van der Waals surface area contributed by atoms with Gasteiger partial charge in [0.15, 0.2) is 0 Å². The van der Waals surface area contributed by atoms with E-state index in [4.69, 9.17) is 4.74 Å². The van der Waals surface area contributed by atoms with E-state index in [2.05, 4.69) is 41.4 Å². The van der Waals surface area contributed by atoms with E-state index in [0.717, 1.165) is 26.2 Å². The minimum Gasteiger partial charge on any atom is -0.377 e. The van der Waals surface area contributed by atoms with Crippen LogP contribution in [0.25, 0.3) is 0 Å². The summed E-state index contributed by atoms with van der Waals surface area (Å²) in [7, 11) is 0. The molecule has 1 N–H and O–H groups in total. The smallest absolute Gasteiger partial charge is 0.0716 e. The van der Waals surface area contributed by atoms with Crippen molar-refractivity contribution in [1.29, 1.82) is 0 Å². The Balaban J connectivity index is 1.48. The van der Waals surface area contributed by atoms with Crippen LogP contribution in [0.15, 0.2) is 30.3 Å². The van der Waals surface area contributed by atoms with Crippen LogP contribution in [0.5, 0.6) is 0 Å². The Morgan fingerprint density at radius 1 is 1.26 bits per heavy atom. The molecule has 0 aromatic heterocycles. The highest BCUT2D eigenvalue weighted by Gasteiger charge is 2.14. The molecule has 1 heterocycles. The molecule has 0 aliphatic carbocycles. The number of benzene rings is 1. The van der Waals surface area contributed by atoms with Gasteiger partial charge in [-0.15, -0.1) is 0 Å². The Hall–Kier alpha value is -0.900. The summed E-state index contributed by atoms with van der Waals surface area (Å²) < 4.78 is 5.70. The summed E-state index contributed by atoms with van der Waals surface area (Å²) in [5.74, 6) is 0. The molecule has 0 bridgehead atoms. The van der Waals surface area contributed by atoms with Crippen LogP contribution in [-0.4, -0.2) is 43.7 Å². The standard InChI is InChI=1S/C16H26N2O/c1-15-13-18(11-9-17-15)10-5-6-12-19-14-16-7-3-2-4-8-16/h2-4,7-8,15,17H,5-6,9-14H2,1H3. The van der Waals surface area contributed by atoms with Gasteiger partial charge in [0, 0.05) is 32.3 Å². The van der Waals surface area contributed by atoms with E-state index in [1.54, 1.807) is 0 Å². The van der Waals surface area contributed by atoms with Crippen molar-refractivity contribution in [2.75, 3.05) is 32.8 Å². The molecule has 1 saturated heterocycles. The highest BCUT2D eigenvalue weighted by atomic mass is 16.5. The molecule has 0 amide bonds. The van der Waals surface area contributed by atoms with Gasteiger partial charge >= 0.3 is 0 Å². The van der Waals surface area contributed by atoms with Gasteiger partial charge in [0.2, 0.25) is 0 Å². The van der Waals surface area contributed by atoms with Crippen molar-refractivity contribution in [1.82, 2.24) is 10.2 Å². The highest BCUT2D eigenvalue weighted by molar-refractivity contribution is 5.13. The van der Waals surface area contributed by atoms with Gasteiger partial charge in [0.1, 0.15) is 0 Å². The van der Waals surface area contributed by atoms with Crippen molar-refractivity contribution in [3.8, 4) is 0 Å². The van der Waals surface area contributed by atoms with Crippen LogP contribution in [0, 0.1) is 0 Å². The molecule has 1 fully saturated rings. The summed E-state index contributed by atoms with van der Waals surface area (Å²) in [6.07, 6.45) is 2.40. The average Bonchev–Trinajstić information content (AvgIpc) is 2.44. The zero-order valence-corrected chi connectivity index (χ0v) is 12.0. The Bertz CT molecular complexity index is 342. The fourth-order valence-corrected chi connectivity index (χ4v) is 2.52. The predicted octanol–water partition coefficient (Wildman–Crippen LogP) is 2.28. The topological polar surface area (TPSA) is 24.5 Å². The minimum absolute atomic E-state index is 0.642. The first-order valence-electron chi connectivity index (χ1n) is 7.42. The van der Waals surface area contributed by atoms with Gasteiger partial charge in [-0.05, 0) is 31.9 Å². The zero-order chi connectivity index (χ0) is 13.3. The first-order valence-corrected chi connectivity index (χ1v) is 7.42. The molecule has 19 heavy (non-hydrogen) atoms. The van der Waals surface area contributed by atoms with Crippen LogP contribution in [-0.2, 0) is 11.3 Å². The lowest BCUT2D eigenvalue weighted by Crippen LogP contribution is -2.49. The van der Waals surface area contributed by atoms with E-state index in [0.29, 0.717) is 6.04 Å². The maximum Gasteiger partial charge on any atom is 0.0716 e. The van der Waals surface area contributed by atoms with Gasteiger partial charge < -0.3 is 15.0 Å². The van der Waals surface area contributed by atoms with E-state index >= 15 is 0 Å². The van der Waals surface area contributed by atoms with E-state index < -0.39 is 0 Å². The molecule has 106 valence electrons. The number of rotatable bonds is 7. The van der Waals surface area contributed by atoms with Crippen LogP contribution in [0.2, 0.25) is 0 Å². The van der Waals surface area contributed by atoms with Crippen molar-refractivity contribution in [2.24, 2.45) is 0 Å². The number of nitrogens with one attached hydrogen (secondary N) is 1. The van der Waals surface area contributed by atoms with Gasteiger partial charge in [-0.25, -0.2) is 0 Å². The lowest BCUT2D eigenvalue weighted by Gasteiger charge is -2.31. The third kappa shape index (κ3) is 5.72. The highest BCUT2D eigenvalue weighted by Crippen LogP contribution is 2.04. The maximum absolute atomic E-state index is 5.70. The molecule has 0 spiro atoms. The summed E-state index contributed by atoms with van der Waals surface area (Å²) in [6, 6.07) is 11.0.